The molecule has 0 aliphatic rings. The Kier molecular flexibility index (Phi) is 25.1. The zero-order valence-electron chi connectivity index (χ0n) is 4.51. The van der Waals surface area contributed by atoms with Crippen LogP contribution in [0.3, 0.4) is 0 Å². The first-order chi connectivity index (χ1) is 3.33. The average molecular weight is 106 g/mol. The van der Waals surface area contributed by atoms with Gasteiger partial charge in [-0.2, -0.15) is 0 Å². The Bertz CT molecular complexity index is 32.1. The Balaban J connectivity index is 0. The van der Waals surface area contributed by atoms with E-state index < -0.39 is 0 Å². The predicted octanol–water partition coefficient (Wildman–Crippen LogP) is -0.114. The second-order valence-corrected chi connectivity index (χ2v) is 0.631. The molecule has 44 valence electrons. The monoisotopic (exact) mass is 106 g/mol. The Morgan fingerprint density at radius 2 is 2.00 bits per heavy atom. The van der Waals surface area contributed by atoms with Crippen molar-refractivity contribution < 1.29 is 5.11 Å². The van der Waals surface area contributed by atoms with Crippen molar-refractivity contribution in [2.24, 2.45) is 5.29 Å². The maximum Gasteiger partial charge on any atom is 0.0493 e. The number of hydrogen-bond acceptors (Lipinski definition) is 3. The lowest BCUT2D eigenvalue weighted by atomic mass is 10.9. The molecule has 7 heavy (non-hydrogen) atoms. The number of aliphatic hydroxyl groups excluding tert-OH is 1. The number of rotatable bonds is 1. The van der Waals surface area contributed by atoms with Gasteiger partial charge in [0, 0.05) is 18.9 Å². The van der Waals surface area contributed by atoms with Gasteiger partial charge in [-0.15, -0.1) is 4.91 Å². The fourth-order valence-corrected chi connectivity index (χ4v) is 0. The topological polar surface area (TPSA) is 61.7 Å². The number of nitroso groups, excluding NO2 is 1. The van der Waals surface area contributed by atoms with Crippen molar-refractivity contribution in [1.82, 2.24) is 5.43 Å². The van der Waals surface area contributed by atoms with Crippen LogP contribution < -0.4 is 5.43 Å². The third kappa shape index (κ3) is 467. The van der Waals surface area contributed by atoms with Crippen molar-refractivity contribution >= 4 is 0 Å². The van der Waals surface area contributed by atoms with E-state index >= 15 is 0 Å². The van der Waals surface area contributed by atoms with Crippen LogP contribution in [0.5, 0.6) is 0 Å². The molecule has 0 heterocycles. The van der Waals surface area contributed by atoms with Crippen LogP contribution in [0.25, 0.3) is 0 Å². The summed E-state index contributed by atoms with van der Waals surface area (Å²) in [6.07, 6.45) is 0. The Hall–Kier alpha value is -0.640. The van der Waals surface area contributed by atoms with E-state index in [1.165, 1.54) is 7.05 Å². The van der Waals surface area contributed by atoms with Crippen molar-refractivity contribution in [3.05, 3.63) is 4.91 Å². The molecular weight excluding hydrogens is 96.0 g/mol. The molecule has 0 aromatic carbocycles. The van der Waals surface area contributed by atoms with Crippen molar-refractivity contribution in [3.63, 3.8) is 0 Å². The molecule has 0 spiro atoms. The molecule has 0 bridgehead atoms. The Morgan fingerprint density at radius 3 is 2.00 bits per heavy atom. The van der Waals surface area contributed by atoms with Gasteiger partial charge in [-0.1, -0.05) is 0 Å². The standard InChI is InChI=1S/C2H6O.CH4N2O/c1-2-3;1-2-3-4/h3H,2H2,1H3;1H3,(H,2,4). The molecule has 0 fully saturated rings. The molecule has 0 aliphatic carbocycles. The highest BCUT2D eigenvalue weighted by atomic mass is 16.3. The molecule has 4 heteroatoms. The Labute approximate surface area is 42.5 Å². The van der Waals surface area contributed by atoms with Crippen molar-refractivity contribution in [2.75, 3.05) is 13.7 Å². The summed E-state index contributed by atoms with van der Waals surface area (Å²) in [6.45, 7) is 1.93. The normalized spacial score (nSPS) is 5.57. The van der Waals surface area contributed by atoms with Crippen LogP contribution in [0, 0.1) is 4.91 Å². The first kappa shape index (κ1) is 9.61. The zero-order chi connectivity index (χ0) is 6.12. The summed E-state index contributed by atoms with van der Waals surface area (Å²) >= 11 is 0. The minimum atomic E-state index is 0.250. The van der Waals surface area contributed by atoms with Gasteiger partial charge in [0.05, 0.1) is 0 Å². The summed E-state index contributed by atoms with van der Waals surface area (Å²) in [7, 11) is 1.45. The van der Waals surface area contributed by atoms with Crippen LogP contribution in [0.15, 0.2) is 5.29 Å². The van der Waals surface area contributed by atoms with Crippen molar-refractivity contribution in [2.45, 2.75) is 6.92 Å². The lowest BCUT2D eigenvalue weighted by molar-refractivity contribution is 0.318. The molecule has 0 saturated carbocycles. The highest BCUT2D eigenvalue weighted by Crippen LogP contribution is 1.31. The molecule has 0 saturated heterocycles. The summed E-state index contributed by atoms with van der Waals surface area (Å²) < 4.78 is 0. The fraction of sp³-hybridized carbons (Fsp3) is 1.00. The maximum absolute atomic E-state index is 8.81. The van der Waals surface area contributed by atoms with Crippen LogP contribution in [-0.4, -0.2) is 18.8 Å². The third-order valence-electron chi connectivity index (χ3n) is 0.0913. The van der Waals surface area contributed by atoms with E-state index in [1.54, 1.807) is 6.92 Å². The Morgan fingerprint density at radius 1 is 1.86 bits per heavy atom. The summed E-state index contributed by atoms with van der Waals surface area (Å²) in [5, 5.41) is 9.81. The SMILES string of the molecule is CCO.CNN=O. The van der Waals surface area contributed by atoms with Crippen LogP contribution in [0.4, 0.5) is 0 Å². The van der Waals surface area contributed by atoms with E-state index in [1.807, 2.05) is 5.43 Å². The lowest BCUT2D eigenvalue weighted by Crippen LogP contribution is -1.87. The third-order valence-corrected chi connectivity index (χ3v) is 0.0913. The summed E-state index contributed by atoms with van der Waals surface area (Å²) in [4.78, 5) is 8.81. The minimum Gasteiger partial charge on any atom is -0.397 e. The predicted molar refractivity (Wildman–Crippen MR) is 27.6 cm³/mol. The molecular formula is C3H10N2O2. The molecule has 0 amide bonds. The highest BCUT2D eigenvalue weighted by molar-refractivity contribution is 4.06. The maximum atomic E-state index is 8.81. The number of aliphatic hydroxyl groups is 1. The minimum absolute atomic E-state index is 0.250. The van der Waals surface area contributed by atoms with E-state index in [-0.39, 0.29) is 6.61 Å². The molecule has 0 aromatic rings. The number of hydrogen-bond donors (Lipinski definition) is 2. The molecule has 0 radical (unpaired) electrons. The average Bonchev–Trinajstić information content (AvgIpc) is 1.69. The number of nitrogens with zero attached hydrogens (tertiary/aromatic N) is 1. The second kappa shape index (κ2) is 18.3. The first-order valence-corrected chi connectivity index (χ1v) is 1.93. The molecule has 0 aromatic heterocycles. The van der Waals surface area contributed by atoms with E-state index in [9.17, 15) is 0 Å². The second-order valence-electron chi connectivity index (χ2n) is 0.631. The van der Waals surface area contributed by atoms with Gasteiger partial charge in [-0.3, -0.25) is 5.43 Å². The van der Waals surface area contributed by atoms with Crippen molar-refractivity contribution in [1.29, 1.82) is 0 Å². The van der Waals surface area contributed by atoms with Gasteiger partial charge in [0.2, 0.25) is 0 Å². The fourth-order valence-electron chi connectivity index (χ4n) is 0. The molecule has 4 nitrogen and oxygen atoms in total. The van der Waals surface area contributed by atoms with Gasteiger partial charge in [0.1, 0.15) is 0 Å². The van der Waals surface area contributed by atoms with Crippen LogP contribution in [0.2, 0.25) is 0 Å². The van der Waals surface area contributed by atoms with Gasteiger partial charge >= 0.3 is 0 Å². The van der Waals surface area contributed by atoms with Crippen LogP contribution >= 0.6 is 0 Å². The van der Waals surface area contributed by atoms with Crippen LogP contribution in [-0.2, 0) is 0 Å². The van der Waals surface area contributed by atoms with Gasteiger partial charge in [0.15, 0.2) is 0 Å². The number of nitrogens with one attached hydrogen (secondary N) is 1. The first-order valence-electron chi connectivity index (χ1n) is 1.93. The quantitative estimate of drug-likeness (QED) is 0.362. The van der Waals surface area contributed by atoms with Gasteiger partial charge in [-0.25, -0.2) is 0 Å². The van der Waals surface area contributed by atoms with E-state index in [0.29, 0.717) is 0 Å². The zero-order valence-corrected chi connectivity index (χ0v) is 4.51. The van der Waals surface area contributed by atoms with Crippen molar-refractivity contribution in [3.8, 4) is 0 Å². The molecule has 0 unspecified atom stereocenters. The van der Waals surface area contributed by atoms with E-state index in [4.69, 9.17) is 10.0 Å². The highest BCUT2D eigenvalue weighted by Gasteiger charge is 1.41. The van der Waals surface area contributed by atoms with Gasteiger partial charge in [0.25, 0.3) is 0 Å². The van der Waals surface area contributed by atoms with E-state index in [2.05, 4.69) is 5.29 Å². The molecule has 0 rings (SSSR count). The molecule has 0 atom stereocenters. The summed E-state index contributed by atoms with van der Waals surface area (Å²) in [6, 6.07) is 0. The smallest absolute Gasteiger partial charge is 0.0493 e. The molecule has 0 aliphatic heterocycles. The lowest BCUT2D eigenvalue weighted by Gasteiger charge is -1.63. The largest absolute Gasteiger partial charge is 0.397 e. The summed E-state index contributed by atoms with van der Waals surface area (Å²) in [5.41, 5.74) is 2.00. The van der Waals surface area contributed by atoms with E-state index in [0.717, 1.165) is 0 Å². The molecule has 2 N–H and O–H groups in total. The van der Waals surface area contributed by atoms with Crippen LogP contribution in [0.1, 0.15) is 6.92 Å². The summed E-state index contributed by atoms with van der Waals surface area (Å²) in [5.74, 6) is 0. The van der Waals surface area contributed by atoms with Gasteiger partial charge < -0.3 is 5.11 Å². The van der Waals surface area contributed by atoms with Gasteiger partial charge in [-0.05, 0) is 6.92 Å².